The maximum Gasteiger partial charge on any atom is 0.439 e. The van der Waals surface area contributed by atoms with Gasteiger partial charge in [0.15, 0.2) is 0 Å². The molecule has 0 saturated heterocycles. The third-order valence-corrected chi connectivity index (χ3v) is 6.14. The van der Waals surface area contributed by atoms with Crippen LogP contribution in [-0.2, 0) is 0 Å². The molecule has 31 heavy (non-hydrogen) atoms. The van der Waals surface area contributed by atoms with Gasteiger partial charge in [-0.3, -0.25) is 0 Å². The van der Waals surface area contributed by atoms with Gasteiger partial charge in [0, 0.05) is 0 Å². The van der Waals surface area contributed by atoms with Crippen molar-refractivity contribution in [1.82, 2.24) is 0 Å². The van der Waals surface area contributed by atoms with Gasteiger partial charge in [0.1, 0.15) is 5.75 Å². The van der Waals surface area contributed by atoms with E-state index in [0.717, 1.165) is 17.5 Å². The molecule has 0 N–H and O–H groups in total. The first-order valence-corrected chi connectivity index (χ1v) is 10.5. The zero-order valence-electron chi connectivity index (χ0n) is 17.5. The molecule has 0 radical (unpaired) electrons. The molecule has 0 aliphatic heterocycles. The summed E-state index contributed by atoms with van der Waals surface area (Å²) in [6.45, 7) is 3.65. The third kappa shape index (κ3) is 5.55. The third-order valence-electron chi connectivity index (χ3n) is 6.14. The van der Waals surface area contributed by atoms with Crippen LogP contribution in [0.5, 0.6) is 5.75 Å². The minimum Gasteiger partial charge on any atom is -0.430 e. The summed E-state index contributed by atoms with van der Waals surface area (Å²) >= 11 is 0. The van der Waals surface area contributed by atoms with E-state index in [1.807, 2.05) is 12.1 Å². The number of hydrogen-bond acceptors (Lipinski definition) is 1. The summed E-state index contributed by atoms with van der Waals surface area (Å²) in [6, 6.07) is 12.2. The molecule has 0 amide bonds. The second kappa shape index (κ2) is 9.13. The van der Waals surface area contributed by atoms with Crippen LogP contribution in [0.4, 0.5) is 26.3 Å². The van der Waals surface area contributed by atoms with E-state index in [4.69, 9.17) is 0 Å². The molecule has 1 aliphatic carbocycles. The van der Waals surface area contributed by atoms with Gasteiger partial charge >= 0.3 is 12.3 Å². The molecule has 0 bridgehead atoms. The number of benzene rings is 2. The van der Waals surface area contributed by atoms with Crippen LogP contribution in [0.15, 0.2) is 42.5 Å². The standard InChI is InChI=1S/C24H26F6O/c1-3-16-4-6-17(7-5-16)18-8-10-19(11-9-18)20-12-13-21(15(2)14-20)31-24(29,30)22(25)23(26,27)28/h8-14,16-17,22H,3-7H2,1-2H3. The summed E-state index contributed by atoms with van der Waals surface area (Å²) in [7, 11) is 0. The Hall–Kier alpha value is -2.18. The molecule has 1 unspecified atom stereocenters. The summed E-state index contributed by atoms with van der Waals surface area (Å²) in [5.74, 6) is 0.860. The van der Waals surface area contributed by atoms with Crippen LogP contribution in [0.3, 0.4) is 0 Å². The average Bonchev–Trinajstić information content (AvgIpc) is 2.74. The summed E-state index contributed by atoms with van der Waals surface area (Å²) in [6.07, 6.45) is -9.09. The van der Waals surface area contributed by atoms with Crippen molar-refractivity contribution in [2.45, 2.75) is 70.3 Å². The molecule has 0 spiro atoms. The van der Waals surface area contributed by atoms with Gasteiger partial charge in [-0.05, 0) is 78.8 Å². The Morgan fingerprint density at radius 3 is 2.00 bits per heavy atom. The van der Waals surface area contributed by atoms with Gasteiger partial charge in [-0.1, -0.05) is 43.7 Å². The van der Waals surface area contributed by atoms with Crippen molar-refractivity contribution in [2.24, 2.45) is 5.92 Å². The minimum absolute atomic E-state index is 0.188. The number of rotatable bonds is 6. The first-order valence-electron chi connectivity index (χ1n) is 10.5. The monoisotopic (exact) mass is 444 g/mol. The fraction of sp³-hybridized carbons (Fsp3) is 0.500. The number of ether oxygens (including phenoxy) is 1. The van der Waals surface area contributed by atoms with Crippen LogP contribution in [0, 0.1) is 12.8 Å². The van der Waals surface area contributed by atoms with Gasteiger partial charge in [-0.25, -0.2) is 4.39 Å². The van der Waals surface area contributed by atoms with Gasteiger partial charge in [0.25, 0.3) is 6.17 Å². The SMILES string of the molecule is CCC1CCC(c2ccc(-c3ccc(OC(F)(F)C(F)C(F)(F)F)c(C)c3)cc2)CC1. The summed E-state index contributed by atoms with van der Waals surface area (Å²) in [5, 5.41) is 0. The topological polar surface area (TPSA) is 9.23 Å². The van der Waals surface area contributed by atoms with E-state index in [0.29, 0.717) is 11.5 Å². The van der Waals surface area contributed by atoms with Gasteiger partial charge in [0.2, 0.25) is 0 Å². The molecular formula is C24H26F6O. The zero-order valence-corrected chi connectivity index (χ0v) is 17.5. The summed E-state index contributed by atoms with van der Waals surface area (Å²) in [4.78, 5) is 0. The second-order valence-corrected chi connectivity index (χ2v) is 8.30. The molecule has 0 heterocycles. The largest absolute Gasteiger partial charge is 0.439 e. The zero-order chi connectivity index (χ0) is 22.8. The highest BCUT2D eigenvalue weighted by atomic mass is 19.4. The first-order chi connectivity index (χ1) is 14.5. The molecule has 7 heteroatoms. The predicted octanol–water partition coefficient (Wildman–Crippen LogP) is 8.22. The minimum atomic E-state index is -5.71. The average molecular weight is 444 g/mol. The molecule has 2 aromatic carbocycles. The molecule has 3 rings (SSSR count). The van der Waals surface area contributed by atoms with Crippen LogP contribution >= 0.6 is 0 Å². The lowest BCUT2D eigenvalue weighted by molar-refractivity contribution is -0.305. The van der Waals surface area contributed by atoms with E-state index in [2.05, 4.69) is 23.8 Å². The quantitative estimate of drug-likeness (QED) is 0.408. The van der Waals surface area contributed by atoms with Crippen molar-refractivity contribution >= 4 is 0 Å². The molecular weight excluding hydrogens is 418 g/mol. The fourth-order valence-electron chi connectivity index (χ4n) is 4.18. The van der Waals surface area contributed by atoms with Crippen molar-refractivity contribution in [1.29, 1.82) is 0 Å². The number of aryl methyl sites for hydroxylation is 1. The van der Waals surface area contributed by atoms with Crippen molar-refractivity contribution in [2.75, 3.05) is 0 Å². The van der Waals surface area contributed by atoms with Crippen molar-refractivity contribution in [3.05, 3.63) is 53.6 Å². The first kappa shape index (κ1) is 23.5. The Labute approximate surface area is 178 Å². The van der Waals surface area contributed by atoms with Crippen LogP contribution in [-0.4, -0.2) is 18.5 Å². The predicted molar refractivity (Wildman–Crippen MR) is 108 cm³/mol. The van der Waals surface area contributed by atoms with Crippen LogP contribution in [0.25, 0.3) is 11.1 Å². The summed E-state index contributed by atoms with van der Waals surface area (Å²) in [5.41, 5.74) is 3.03. The molecule has 0 aromatic heterocycles. The highest BCUT2D eigenvalue weighted by Crippen LogP contribution is 2.39. The highest BCUT2D eigenvalue weighted by molar-refractivity contribution is 5.66. The van der Waals surface area contributed by atoms with Crippen LogP contribution in [0.2, 0.25) is 0 Å². The van der Waals surface area contributed by atoms with Gasteiger partial charge in [-0.15, -0.1) is 0 Å². The Kier molecular flexibility index (Phi) is 6.92. The maximum absolute atomic E-state index is 13.6. The van der Waals surface area contributed by atoms with Crippen molar-refractivity contribution in [3.8, 4) is 16.9 Å². The number of halogens is 6. The van der Waals surface area contributed by atoms with Gasteiger partial charge in [0.05, 0.1) is 0 Å². The van der Waals surface area contributed by atoms with Crippen molar-refractivity contribution in [3.63, 3.8) is 0 Å². The van der Waals surface area contributed by atoms with E-state index < -0.39 is 24.2 Å². The molecule has 1 saturated carbocycles. The molecule has 1 aliphatic rings. The number of alkyl halides is 6. The lowest BCUT2D eigenvalue weighted by Crippen LogP contribution is -2.45. The molecule has 1 fully saturated rings. The van der Waals surface area contributed by atoms with Gasteiger partial charge in [-0.2, -0.15) is 22.0 Å². The van der Waals surface area contributed by atoms with Crippen LogP contribution in [0.1, 0.15) is 56.1 Å². The Morgan fingerprint density at radius 2 is 1.48 bits per heavy atom. The van der Waals surface area contributed by atoms with E-state index >= 15 is 0 Å². The smallest absolute Gasteiger partial charge is 0.430 e. The Morgan fingerprint density at radius 1 is 0.903 bits per heavy atom. The molecule has 170 valence electrons. The Bertz CT molecular complexity index is 867. The fourth-order valence-corrected chi connectivity index (χ4v) is 4.18. The van der Waals surface area contributed by atoms with Gasteiger partial charge < -0.3 is 4.74 Å². The Balaban J connectivity index is 1.71. The lowest BCUT2D eigenvalue weighted by atomic mass is 9.77. The molecule has 2 aromatic rings. The lowest BCUT2D eigenvalue weighted by Gasteiger charge is -2.28. The second-order valence-electron chi connectivity index (χ2n) is 8.30. The summed E-state index contributed by atoms with van der Waals surface area (Å²) < 4.78 is 81.2. The number of hydrogen-bond donors (Lipinski definition) is 0. The van der Waals surface area contributed by atoms with E-state index in [-0.39, 0.29) is 5.56 Å². The van der Waals surface area contributed by atoms with E-state index in [1.165, 1.54) is 56.7 Å². The van der Waals surface area contributed by atoms with E-state index in [9.17, 15) is 26.3 Å². The van der Waals surface area contributed by atoms with Crippen LogP contribution < -0.4 is 4.74 Å². The maximum atomic E-state index is 13.6. The van der Waals surface area contributed by atoms with Crippen molar-refractivity contribution < 1.29 is 31.1 Å². The molecule has 1 nitrogen and oxygen atoms in total. The van der Waals surface area contributed by atoms with E-state index in [1.54, 1.807) is 0 Å². The normalized spacial score (nSPS) is 21.0. The molecule has 1 atom stereocenters. The highest BCUT2D eigenvalue weighted by Gasteiger charge is 2.59.